The number of hydrogen-bond donors (Lipinski definition) is 0. The highest BCUT2D eigenvalue weighted by Gasteiger charge is 2.58. The van der Waals surface area contributed by atoms with Crippen LogP contribution in [0, 0.1) is 12.3 Å². The molecule has 8 nitrogen and oxygen atoms in total. The molecule has 2 aliphatic rings. The smallest absolute Gasteiger partial charge is 0.289 e. The lowest BCUT2D eigenvalue weighted by molar-refractivity contribution is -0.136. The molecule has 5 rings (SSSR count). The molecule has 2 aliphatic heterocycles. The summed E-state index contributed by atoms with van der Waals surface area (Å²) in [6, 6.07) is 7.64. The van der Waals surface area contributed by atoms with Gasteiger partial charge in [0.05, 0.1) is 17.4 Å². The number of hydrogen-bond acceptors (Lipinski definition) is 5. The summed E-state index contributed by atoms with van der Waals surface area (Å²) in [5.74, 6) is 0.769. The molecule has 2 amide bonds. The fraction of sp³-hybridized carbons (Fsp3) is 0.440. The second-order valence-corrected chi connectivity index (χ2v) is 9.48. The van der Waals surface area contributed by atoms with Gasteiger partial charge in [0.15, 0.2) is 5.76 Å². The molecule has 2 atom stereocenters. The van der Waals surface area contributed by atoms with Gasteiger partial charge in [-0.05, 0) is 57.0 Å². The fourth-order valence-electron chi connectivity index (χ4n) is 5.15. The van der Waals surface area contributed by atoms with Crippen LogP contribution in [0.2, 0.25) is 0 Å². The molecule has 0 saturated carbocycles. The van der Waals surface area contributed by atoms with Crippen molar-refractivity contribution in [2.24, 2.45) is 5.41 Å². The van der Waals surface area contributed by atoms with Gasteiger partial charge < -0.3 is 18.8 Å². The number of carbonyl (C=O) groups is 2. The molecule has 0 radical (unpaired) electrons. The molecule has 8 heteroatoms. The lowest BCUT2D eigenvalue weighted by Gasteiger charge is -2.27. The van der Waals surface area contributed by atoms with Crippen LogP contribution in [0.15, 0.2) is 53.6 Å². The predicted octanol–water partition coefficient (Wildman–Crippen LogP) is 3.42. The lowest BCUT2D eigenvalue weighted by atomic mass is 9.75. The average Bonchev–Trinajstić information content (AvgIpc) is 3.58. The zero-order chi connectivity index (χ0) is 23.2. The number of imidazole rings is 1. The first kappa shape index (κ1) is 21.4. The SMILES string of the molecule is Cc1ccc(C(=O)N2C[C@@H](c3cn(C(C)C)cn3)[C@]3(CCN(Cc4ccncc4)C3=O)C2)o1. The third-order valence-electron chi connectivity index (χ3n) is 7.02. The first-order chi connectivity index (χ1) is 15.9. The van der Waals surface area contributed by atoms with Crippen LogP contribution in [-0.4, -0.2) is 55.8 Å². The number of aryl methyl sites for hydroxylation is 1. The Morgan fingerprint density at radius 2 is 2.03 bits per heavy atom. The van der Waals surface area contributed by atoms with Crippen LogP contribution in [0.5, 0.6) is 0 Å². The predicted molar refractivity (Wildman–Crippen MR) is 121 cm³/mol. The van der Waals surface area contributed by atoms with Crippen LogP contribution in [0.3, 0.4) is 0 Å². The highest BCUT2D eigenvalue weighted by Crippen LogP contribution is 2.50. The summed E-state index contributed by atoms with van der Waals surface area (Å²) in [4.78, 5) is 39.6. The van der Waals surface area contributed by atoms with Crippen molar-refractivity contribution in [3.63, 3.8) is 0 Å². The number of pyridine rings is 1. The van der Waals surface area contributed by atoms with Crippen LogP contribution in [0.25, 0.3) is 0 Å². The molecule has 0 N–H and O–H groups in total. The van der Waals surface area contributed by atoms with Crippen molar-refractivity contribution >= 4 is 11.8 Å². The second-order valence-electron chi connectivity index (χ2n) is 9.48. The minimum Gasteiger partial charge on any atom is -0.456 e. The van der Waals surface area contributed by atoms with Gasteiger partial charge in [0, 0.05) is 56.7 Å². The minimum atomic E-state index is -0.680. The first-order valence-electron chi connectivity index (χ1n) is 11.4. The van der Waals surface area contributed by atoms with Gasteiger partial charge in [-0.15, -0.1) is 0 Å². The number of furan rings is 1. The molecule has 3 aromatic heterocycles. The van der Waals surface area contributed by atoms with Crippen LogP contribution >= 0.6 is 0 Å². The molecule has 0 bridgehead atoms. The van der Waals surface area contributed by atoms with E-state index >= 15 is 0 Å². The number of carbonyl (C=O) groups excluding carboxylic acids is 2. The Labute approximate surface area is 193 Å². The van der Waals surface area contributed by atoms with Crippen molar-refractivity contribution in [3.05, 3.63) is 72.0 Å². The Hall–Kier alpha value is -3.42. The summed E-state index contributed by atoms with van der Waals surface area (Å²) in [7, 11) is 0. The molecule has 2 fully saturated rings. The van der Waals surface area contributed by atoms with E-state index in [0.717, 1.165) is 11.3 Å². The fourth-order valence-corrected chi connectivity index (χ4v) is 5.15. The van der Waals surface area contributed by atoms with Crippen LogP contribution < -0.4 is 0 Å². The van der Waals surface area contributed by atoms with E-state index in [1.54, 1.807) is 29.4 Å². The zero-order valence-corrected chi connectivity index (χ0v) is 19.3. The Morgan fingerprint density at radius 3 is 2.70 bits per heavy atom. The van der Waals surface area contributed by atoms with Gasteiger partial charge in [0.1, 0.15) is 5.76 Å². The van der Waals surface area contributed by atoms with Crippen molar-refractivity contribution < 1.29 is 14.0 Å². The van der Waals surface area contributed by atoms with Gasteiger partial charge in [0.25, 0.3) is 5.91 Å². The molecule has 3 aromatic rings. The monoisotopic (exact) mass is 447 g/mol. The van der Waals surface area contributed by atoms with E-state index in [2.05, 4.69) is 28.4 Å². The van der Waals surface area contributed by atoms with Crippen LogP contribution in [0.1, 0.15) is 59.8 Å². The van der Waals surface area contributed by atoms with E-state index < -0.39 is 5.41 Å². The van der Waals surface area contributed by atoms with Gasteiger partial charge in [-0.1, -0.05) is 0 Å². The normalized spacial score (nSPS) is 22.8. The molecule has 2 saturated heterocycles. The summed E-state index contributed by atoms with van der Waals surface area (Å²) >= 11 is 0. The van der Waals surface area contributed by atoms with E-state index in [1.807, 2.05) is 36.5 Å². The van der Waals surface area contributed by atoms with E-state index in [1.165, 1.54) is 0 Å². The molecule has 0 aromatic carbocycles. The standard InChI is InChI=1S/C25H29N5O3/c1-17(2)30-14-21(27-16-30)20-13-29(23(31)22-5-4-18(3)33-22)15-25(20)8-11-28(24(25)32)12-19-6-9-26-10-7-19/h4-7,9-10,14,16-17,20H,8,11-13,15H2,1-3H3/t20-,25-/m0/s1. The largest absolute Gasteiger partial charge is 0.456 e. The Bertz CT molecular complexity index is 1170. The third-order valence-corrected chi connectivity index (χ3v) is 7.02. The highest BCUT2D eigenvalue weighted by molar-refractivity contribution is 5.94. The molecular formula is C25H29N5O3. The third kappa shape index (κ3) is 3.73. The maximum atomic E-state index is 13.9. The summed E-state index contributed by atoms with van der Waals surface area (Å²) in [5, 5.41) is 0. The van der Waals surface area contributed by atoms with Crippen molar-refractivity contribution in [1.82, 2.24) is 24.3 Å². The maximum Gasteiger partial charge on any atom is 0.289 e. The highest BCUT2D eigenvalue weighted by atomic mass is 16.3. The topological polar surface area (TPSA) is 84.5 Å². The summed E-state index contributed by atoms with van der Waals surface area (Å²) < 4.78 is 7.65. The lowest BCUT2D eigenvalue weighted by Crippen LogP contribution is -2.40. The van der Waals surface area contributed by atoms with Crippen molar-refractivity contribution in [2.75, 3.05) is 19.6 Å². The van der Waals surface area contributed by atoms with Gasteiger partial charge in [0.2, 0.25) is 5.91 Å². The minimum absolute atomic E-state index is 0.0920. The maximum absolute atomic E-state index is 13.9. The van der Waals surface area contributed by atoms with Crippen LogP contribution in [0.4, 0.5) is 0 Å². The molecular weight excluding hydrogens is 418 g/mol. The van der Waals surface area contributed by atoms with E-state index in [9.17, 15) is 9.59 Å². The summed E-state index contributed by atoms with van der Waals surface area (Å²) in [6.07, 6.45) is 8.03. The zero-order valence-electron chi connectivity index (χ0n) is 19.3. The second kappa shape index (κ2) is 8.17. The summed E-state index contributed by atoms with van der Waals surface area (Å²) in [6.45, 7) is 8.04. The number of rotatable bonds is 5. The van der Waals surface area contributed by atoms with Crippen LogP contribution in [-0.2, 0) is 11.3 Å². The van der Waals surface area contributed by atoms with E-state index in [0.29, 0.717) is 44.1 Å². The van der Waals surface area contributed by atoms with E-state index in [4.69, 9.17) is 4.42 Å². The number of likely N-dealkylation sites (tertiary alicyclic amines) is 2. The van der Waals surface area contributed by atoms with Gasteiger partial charge in [-0.2, -0.15) is 0 Å². The number of amides is 2. The summed E-state index contributed by atoms with van der Waals surface area (Å²) in [5.41, 5.74) is 1.24. The van der Waals surface area contributed by atoms with Gasteiger partial charge in [-0.3, -0.25) is 14.6 Å². The molecule has 5 heterocycles. The van der Waals surface area contributed by atoms with Gasteiger partial charge >= 0.3 is 0 Å². The van der Waals surface area contributed by atoms with Crippen molar-refractivity contribution in [1.29, 1.82) is 0 Å². The molecule has 0 unspecified atom stereocenters. The molecule has 0 aliphatic carbocycles. The quantitative estimate of drug-likeness (QED) is 0.598. The Balaban J connectivity index is 1.47. The Kier molecular flexibility index (Phi) is 5.31. The molecule has 1 spiro atoms. The first-order valence-corrected chi connectivity index (χ1v) is 11.4. The van der Waals surface area contributed by atoms with Crippen molar-refractivity contribution in [2.45, 2.75) is 45.7 Å². The van der Waals surface area contributed by atoms with Gasteiger partial charge in [-0.25, -0.2) is 4.98 Å². The molecule has 172 valence electrons. The van der Waals surface area contributed by atoms with E-state index in [-0.39, 0.29) is 23.8 Å². The Morgan fingerprint density at radius 1 is 1.24 bits per heavy atom. The van der Waals surface area contributed by atoms with Crippen molar-refractivity contribution in [3.8, 4) is 0 Å². The number of aromatic nitrogens is 3. The number of nitrogens with zero attached hydrogens (tertiary/aromatic N) is 5. The average molecular weight is 448 g/mol. The molecule has 33 heavy (non-hydrogen) atoms.